The van der Waals surface area contributed by atoms with Crippen molar-refractivity contribution in [3.05, 3.63) is 65.3 Å². The Morgan fingerprint density at radius 2 is 1.95 bits per heavy atom. The molecule has 0 aliphatic carbocycles. The van der Waals surface area contributed by atoms with Gasteiger partial charge in [0.2, 0.25) is 0 Å². The highest BCUT2D eigenvalue weighted by Crippen LogP contribution is 2.30. The van der Waals surface area contributed by atoms with Gasteiger partial charge in [0.05, 0.1) is 5.69 Å². The molecule has 100 valence electrons. The molecule has 0 aliphatic rings. The normalized spacial score (nSPS) is 10.7. The molecule has 0 saturated carbocycles. The zero-order valence-corrected chi connectivity index (χ0v) is 11.5. The van der Waals surface area contributed by atoms with Crippen LogP contribution < -0.4 is 5.73 Å². The minimum Gasteiger partial charge on any atom is -0.326 e. The van der Waals surface area contributed by atoms with Crippen LogP contribution in [0.15, 0.2) is 53.9 Å². The molecule has 0 atom stereocenters. The molecular formula is C16H13FN2S. The van der Waals surface area contributed by atoms with Crippen LogP contribution in [0.25, 0.3) is 21.8 Å². The van der Waals surface area contributed by atoms with Crippen LogP contribution >= 0.6 is 11.3 Å². The average molecular weight is 284 g/mol. The fraction of sp³-hybridized carbons (Fsp3) is 0.0625. The lowest BCUT2D eigenvalue weighted by molar-refractivity contribution is 0.631. The third-order valence-corrected chi connectivity index (χ3v) is 3.94. The van der Waals surface area contributed by atoms with E-state index in [0.717, 1.165) is 16.8 Å². The molecule has 0 radical (unpaired) electrons. The van der Waals surface area contributed by atoms with Crippen LogP contribution in [-0.4, -0.2) is 4.98 Å². The molecule has 3 aromatic rings. The highest BCUT2D eigenvalue weighted by Gasteiger charge is 2.10. The first-order valence-electron chi connectivity index (χ1n) is 6.28. The molecule has 0 saturated heterocycles. The Morgan fingerprint density at radius 1 is 1.10 bits per heavy atom. The summed E-state index contributed by atoms with van der Waals surface area (Å²) in [5.41, 5.74) is 9.10. The van der Waals surface area contributed by atoms with Crippen LogP contribution in [-0.2, 0) is 6.54 Å². The summed E-state index contributed by atoms with van der Waals surface area (Å²) in [4.78, 5) is 4.52. The zero-order valence-electron chi connectivity index (χ0n) is 10.7. The van der Waals surface area contributed by atoms with Crippen molar-refractivity contribution in [1.82, 2.24) is 4.98 Å². The molecule has 4 heteroatoms. The third-order valence-electron chi connectivity index (χ3n) is 3.07. The number of rotatable bonds is 3. The number of halogens is 1. The van der Waals surface area contributed by atoms with Crippen molar-refractivity contribution in [1.29, 1.82) is 0 Å². The monoisotopic (exact) mass is 284 g/mol. The van der Waals surface area contributed by atoms with Crippen LogP contribution in [0.1, 0.15) is 5.56 Å². The van der Waals surface area contributed by atoms with E-state index >= 15 is 0 Å². The van der Waals surface area contributed by atoms with E-state index in [0.29, 0.717) is 17.1 Å². The average Bonchev–Trinajstić information content (AvgIpc) is 2.97. The van der Waals surface area contributed by atoms with Gasteiger partial charge in [0.25, 0.3) is 0 Å². The molecule has 3 rings (SSSR count). The Morgan fingerprint density at radius 3 is 2.75 bits per heavy atom. The number of hydrogen-bond donors (Lipinski definition) is 1. The van der Waals surface area contributed by atoms with E-state index in [4.69, 9.17) is 5.73 Å². The van der Waals surface area contributed by atoms with Crippen molar-refractivity contribution in [2.45, 2.75) is 6.54 Å². The molecule has 1 aromatic heterocycles. The van der Waals surface area contributed by atoms with Crippen LogP contribution in [0, 0.1) is 5.82 Å². The largest absolute Gasteiger partial charge is 0.326 e. The Hall–Kier alpha value is -2.04. The van der Waals surface area contributed by atoms with Crippen molar-refractivity contribution in [2.24, 2.45) is 5.73 Å². The maximum absolute atomic E-state index is 13.8. The summed E-state index contributed by atoms with van der Waals surface area (Å²) >= 11 is 1.44. The highest BCUT2D eigenvalue weighted by molar-refractivity contribution is 7.13. The molecule has 0 aliphatic heterocycles. The smallest absolute Gasteiger partial charge is 0.133 e. The fourth-order valence-electron chi connectivity index (χ4n) is 2.02. The summed E-state index contributed by atoms with van der Waals surface area (Å²) in [6.45, 7) is 0.498. The number of nitrogens with zero attached hydrogens (tertiary/aromatic N) is 1. The molecule has 2 nitrogen and oxygen atoms in total. The predicted octanol–water partition coefficient (Wildman–Crippen LogP) is 4.07. The van der Waals surface area contributed by atoms with Gasteiger partial charge in [0.1, 0.15) is 10.8 Å². The third kappa shape index (κ3) is 2.48. The first-order valence-corrected chi connectivity index (χ1v) is 7.15. The van der Waals surface area contributed by atoms with Crippen LogP contribution in [0.2, 0.25) is 0 Å². The number of aromatic nitrogens is 1. The first-order chi connectivity index (χ1) is 9.78. The fourth-order valence-corrected chi connectivity index (χ4v) is 2.88. The van der Waals surface area contributed by atoms with Crippen LogP contribution in [0.3, 0.4) is 0 Å². The molecule has 0 amide bonds. The Balaban J connectivity index is 2.00. The van der Waals surface area contributed by atoms with Crippen molar-refractivity contribution in [2.75, 3.05) is 0 Å². The van der Waals surface area contributed by atoms with Crippen molar-refractivity contribution in [3.63, 3.8) is 0 Å². The lowest BCUT2D eigenvalue weighted by Gasteiger charge is -2.00. The van der Waals surface area contributed by atoms with Gasteiger partial charge in [0.15, 0.2) is 0 Å². The maximum Gasteiger partial charge on any atom is 0.133 e. The van der Waals surface area contributed by atoms with Gasteiger partial charge in [-0.3, -0.25) is 0 Å². The summed E-state index contributed by atoms with van der Waals surface area (Å²) in [6, 6.07) is 14.6. The standard InChI is InChI=1S/C16H13FN2S/c17-14-7-2-1-6-13(14)16-19-15(10-20-16)12-5-3-4-11(8-12)9-18/h1-8,10H,9,18H2. The summed E-state index contributed by atoms with van der Waals surface area (Å²) in [5.74, 6) is -0.246. The summed E-state index contributed by atoms with van der Waals surface area (Å²) < 4.78 is 13.8. The van der Waals surface area contributed by atoms with Crippen LogP contribution in [0.5, 0.6) is 0 Å². The second-order valence-corrected chi connectivity index (χ2v) is 5.28. The first kappa shape index (κ1) is 13.0. The number of nitrogens with two attached hydrogens (primary N) is 1. The van der Waals surface area contributed by atoms with Gasteiger partial charge < -0.3 is 5.73 Å². The lowest BCUT2D eigenvalue weighted by Crippen LogP contribution is -1.95. The van der Waals surface area contributed by atoms with Crippen LogP contribution in [0.4, 0.5) is 4.39 Å². The quantitative estimate of drug-likeness (QED) is 0.787. The second-order valence-electron chi connectivity index (χ2n) is 4.42. The molecule has 2 N–H and O–H groups in total. The highest BCUT2D eigenvalue weighted by atomic mass is 32.1. The van der Waals surface area contributed by atoms with E-state index in [-0.39, 0.29) is 5.82 Å². The van der Waals surface area contributed by atoms with E-state index < -0.39 is 0 Å². The summed E-state index contributed by atoms with van der Waals surface area (Å²) in [5, 5.41) is 2.63. The van der Waals surface area contributed by atoms with Gasteiger partial charge in [0, 0.05) is 23.1 Å². The molecular weight excluding hydrogens is 271 g/mol. The Bertz CT molecular complexity index is 737. The zero-order chi connectivity index (χ0) is 13.9. The lowest BCUT2D eigenvalue weighted by atomic mass is 10.1. The summed E-state index contributed by atoms with van der Waals surface area (Å²) in [6.07, 6.45) is 0. The van der Waals surface area contributed by atoms with Gasteiger partial charge in [-0.25, -0.2) is 9.37 Å². The van der Waals surface area contributed by atoms with Crippen molar-refractivity contribution >= 4 is 11.3 Å². The van der Waals surface area contributed by atoms with E-state index in [1.165, 1.54) is 17.4 Å². The van der Waals surface area contributed by atoms with Gasteiger partial charge in [-0.2, -0.15) is 0 Å². The topological polar surface area (TPSA) is 38.9 Å². The van der Waals surface area contributed by atoms with E-state index in [1.807, 2.05) is 35.7 Å². The van der Waals surface area contributed by atoms with Gasteiger partial charge >= 0.3 is 0 Å². The summed E-state index contributed by atoms with van der Waals surface area (Å²) in [7, 11) is 0. The Labute approximate surface area is 120 Å². The van der Waals surface area contributed by atoms with Gasteiger partial charge in [-0.1, -0.05) is 30.3 Å². The number of benzene rings is 2. The molecule has 0 bridgehead atoms. The minimum absolute atomic E-state index is 0.246. The number of thiazole rings is 1. The minimum atomic E-state index is -0.246. The SMILES string of the molecule is NCc1cccc(-c2csc(-c3ccccc3F)n2)c1. The molecule has 0 unspecified atom stereocenters. The predicted molar refractivity (Wildman–Crippen MR) is 80.8 cm³/mol. The molecule has 20 heavy (non-hydrogen) atoms. The molecule has 1 heterocycles. The maximum atomic E-state index is 13.8. The van der Waals surface area contributed by atoms with E-state index in [9.17, 15) is 4.39 Å². The van der Waals surface area contributed by atoms with E-state index in [1.54, 1.807) is 12.1 Å². The second kappa shape index (κ2) is 5.53. The van der Waals surface area contributed by atoms with Gasteiger partial charge in [-0.05, 0) is 23.8 Å². The van der Waals surface area contributed by atoms with Crippen molar-refractivity contribution < 1.29 is 4.39 Å². The number of hydrogen-bond acceptors (Lipinski definition) is 3. The molecule has 0 spiro atoms. The molecule has 2 aromatic carbocycles. The van der Waals surface area contributed by atoms with Gasteiger partial charge in [-0.15, -0.1) is 11.3 Å². The van der Waals surface area contributed by atoms with E-state index in [2.05, 4.69) is 4.98 Å². The molecule has 0 fully saturated rings. The van der Waals surface area contributed by atoms with Crippen molar-refractivity contribution in [3.8, 4) is 21.8 Å². The Kier molecular flexibility index (Phi) is 3.58.